The normalized spacial score (nSPS) is 17.2. The zero-order chi connectivity index (χ0) is 26.6. The molecule has 0 radical (unpaired) electrons. The molecule has 0 bridgehead atoms. The highest BCUT2D eigenvalue weighted by atomic mass is 19.1. The number of nitrogens with one attached hydrogen (secondary N) is 1. The molecule has 1 fully saturated rings. The summed E-state index contributed by atoms with van der Waals surface area (Å²) in [5.41, 5.74) is 2.14. The number of methoxy groups -OCH3 is 2. The van der Waals surface area contributed by atoms with Gasteiger partial charge in [0.15, 0.2) is 17.7 Å². The van der Waals surface area contributed by atoms with Gasteiger partial charge in [-0.2, -0.15) is 0 Å². The first-order chi connectivity index (χ1) is 18.5. The maximum Gasteiger partial charge on any atom is 0.246 e. The number of rotatable bonds is 8. The summed E-state index contributed by atoms with van der Waals surface area (Å²) in [6, 6.07) is 12.8. The van der Waals surface area contributed by atoms with Crippen molar-refractivity contribution in [1.29, 1.82) is 0 Å². The van der Waals surface area contributed by atoms with Crippen LogP contribution in [-0.2, 0) is 4.79 Å². The van der Waals surface area contributed by atoms with Crippen LogP contribution < -0.4 is 19.5 Å². The summed E-state index contributed by atoms with van der Waals surface area (Å²) in [5.74, 6) is 2.29. The van der Waals surface area contributed by atoms with Crippen LogP contribution in [0.2, 0.25) is 0 Å². The van der Waals surface area contributed by atoms with Gasteiger partial charge in [-0.3, -0.25) is 4.79 Å². The molecule has 38 heavy (non-hydrogen) atoms. The quantitative estimate of drug-likeness (QED) is 0.320. The Labute approximate surface area is 218 Å². The number of nitrogens with zero attached hydrogens (tertiary/aromatic N) is 3. The number of benzene rings is 2. The van der Waals surface area contributed by atoms with Crippen LogP contribution in [0.1, 0.15) is 6.42 Å². The van der Waals surface area contributed by atoms with Gasteiger partial charge in [0, 0.05) is 30.0 Å². The van der Waals surface area contributed by atoms with Crippen LogP contribution in [0.3, 0.4) is 0 Å². The molecule has 0 spiro atoms. The molecule has 2 unspecified atom stereocenters. The minimum atomic E-state index is -1.37. The van der Waals surface area contributed by atoms with Gasteiger partial charge in [0.05, 0.1) is 38.2 Å². The van der Waals surface area contributed by atoms with Crippen LogP contribution in [0.25, 0.3) is 22.2 Å². The van der Waals surface area contributed by atoms with Crippen molar-refractivity contribution in [3.8, 4) is 28.6 Å². The summed E-state index contributed by atoms with van der Waals surface area (Å²) < 4.78 is 37.7. The second-order valence-corrected chi connectivity index (χ2v) is 8.71. The van der Waals surface area contributed by atoms with Crippen molar-refractivity contribution in [3.05, 3.63) is 67.7 Å². The Morgan fingerprint density at radius 1 is 1.16 bits per heavy atom. The number of carbonyl (C=O) groups excluding carboxylic acids is 1. The first-order valence-corrected chi connectivity index (χ1v) is 12.0. The molecule has 1 N–H and O–H groups in total. The third-order valence-corrected chi connectivity index (χ3v) is 6.43. The Morgan fingerprint density at radius 3 is 2.71 bits per heavy atom. The molecule has 9 nitrogen and oxygen atoms in total. The standard InChI is InChI=1S/C28H27FN4O5/c1-4-27(34)33-10-9-23(19(29)15-33)38-26-13-18-20(14-25(26)36-3)30-16-31-28(18)32-21-12-17(7-8-24(21)35-2)22-6-5-11-37-22/h4-8,11-14,16,19,23H,1,9-10,15H2,2-3H3,(H,30,31,32). The maximum atomic E-state index is 15.0. The second-order valence-electron chi connectivity index (χ2n) is 8.71. The van der Waals surface area contributed by atoms with Crippen molar-refractivity contribution >= 4 is 28.3 Å². The number of carbonyl (C=O) groups is 1. The molecular formula is C28H27FN4O5. The predicted octanol–water partition coefficient (Wildman–Crippen LogP) is 5.15. The van der Waals surface area contributed by atoms with Crippen LogP contribution in [0, 0.1) is 0 Å². The van der Waals surface area contributed by atoms with E-state index in [-0.39, 0.29) is 12.5 Å². The zero-order valence-corrected chi connectivity index (χ0v) is 21.0. The van der Waals surface area contributed by atoms with Gasteiger partial charge in [0.25, 0.3) is 0 Å². The highest BCUT2D eigenvalue weighted by Gasteiger charge is 2.33. The number of amides is 1. The molecule has 1 aliphatic heterocycles. The van der Waals surface area contributed by atoms with E-state index in [1.165, 1.54) is 24.4 Å². The number of alkyl halides is 1. The zero-order valence-electron chi connectivity index (χ0n) is 21.0. The van der Waals surface area contributed by atoms with Gasteiger partial charge in [-0.25, -0.2) is 14.4 Å². The minimum absolute atomic E-state index is 0.0624. The maximum absolute atomic E-state index is 15.0. The van der Waals surface area contributed by atoms with Crippen molar-refractivity contribution in [1.82, 2.24) is 14.9 Å². The first kappa shape index (κ1) is 25.1. The topological polar surface area (TPSA) is 99.0 Å². The van der Waals surface area contributed by atoms with Gasteiger partial charge in [-0.1, -0.05) is 6.58 Å². The molecule has 4 aromatic rings. The van der Waals surface area contributed by atoms with Gasteiger partial charge in [-0.05, 0) is 42.5 Å². The van der Waals surface area contributed by atoms with E-state index in [0.717, 1.165) is 5.56 Å². The smallest absolute Gasteiger partial charge is 0.246 e. The summed E-state index contributed by atoms with van der Waals surface area (Å²) in [7, 11) is 3.10. The number of fused-ring (bicyclic) bond motifs is 1. The molecule has 2 atom stereocenters. The van der Waals surface area contributed by atoms with Crippen molar-refractivity contribution < 1.29 is 27.8 Å². The van der Waals surface area contributed by atoms with Crippen molar-refractivity contribution in [2.75, 3.05) is 32.6 Å². The fourth-order valence-electron chi connectivity index (χ4n) is 4.45. The number of aromatic nitrogens is 2. The third-order valence-electron chi connectivity index (χ3n) is 6.43. The molecule has 10 heteroatoms. The lowest BCUT2D eigenvalue weighted by atomic mass is 10.1. The van der Waals surface area contributed by atoms with E-state index in [0.29, 0.717) is 58.4 Å². The van der Waals surface area contributed by atoms with Crippen LogP contribution >= 0.6 is 0 Å². The van der Waals surface area contributed by atoms with E-state index >= 15 is 0 Å². The molecule has 0 saturated carbocycles. The summed E-state index contributed by atoms with van der Waals surface area (Å²) in [5, 5.41) is 3.97. The average molecular weight is 519 g/mol. The lowest BCUT2D eigenvalue weighted by Gasteiger charge is -2.34. The fourth-order valence-corrected chi connectivity index (χ4v) is 4.45. The Balaban J connectivity index is 1.47. The summed E-state index contributed by atoms with van der Waals surface area (Å²) in [6.07, 6.45) is 2.45. The number of hydrogen-bond acceptors (Lipinski definition) is 8. The van der Waals surface area contributed by atoms with Gasteiger partial charge >= 0.3 is 0 Å². The minimum Gasteiger partial charge on any atom is -0.495 e. The lowest BCUT2D eigenvalue weighted by molar-refractivity contribution is -0.129. The van der Waals surface area contributed by atoms with Crippen molar-refractivity contribution in [2.45, 2.75) is 18.7 Å². The lowest BCUT2D eigenvalue weighted by Crippen LogP contribution is -2.48. The Morgan fingerprint density at radius 2 is 2.00 bits per heavy atom. The molecule has 1 aliphatic rings. The highest BCUT2D eigenvalue weighted by molar-refractivity contribution is 5.93. The average Bonchev–Trinajstić information content (AvgIpc) is 3.49. The van der Waals surface area contributed by atoms with E-state index in [1.54, 1.807) is 25.5 Å². The Kier molecular flexibility index (Phi) is 7.12. The van der Waals surface area contributed by atoms with Gasteiger partial charge in [-0.15, -0.1) is 0 Å². The number of hydrogen-bond donors (Lipinski definition) is 1. The number of likely N-dealkylation sites (tertiary alicyclic amines) is 1. The van der Waals surface area contributed by atoms with Gasteiger partial charge in [0.2, 0.25) is 5.91 Å². The molecule has 3 heterocycles. The number of halogens is 1. The van der Waals surface area contributed by atoms with Crippen LogP contribution in [0.5, 0.6) is 17.2 Å². The van der Waals surface area contributed by atoms with E-state index in [9.17, 15) is 9.18 Å². The van der Waals surface area contributed by atoms with E-state index in [1.807, 2.05) is 30.3 Å². The van der Waals surface area contributed by atoms with Crippen LogP contribution in [0.4, 0.5) is 15.9 Å². The summed E-state index contributed by atoms with van der Waals surface area (Å²) in [4.78, 5) is 22.1. The van der Waals surface area contributed by atoms with E-state index in [2.05, 4.69) is 21.9 Å². The monoisotopic (exact) mass is 518 g/mol. The number of ether oxygens (including phenoxy) is 3. The highest BCUT2D eigenvalue weighted by Crippen LogP contribution is 2.38. The molecule has 196 valence electrons. The number of anilines is 2. The summed E-state index contributed by atoms with van der Waals surface area (Å²) in [6.45, 7) is 3.78. The summed E-state index contributed by atoms with van der Waals surface area (Å²) >= 11 is 0. The van der Waals surface area contributed by atoms with Crippen molar-refractivity contribution in [2.24, 2.45) is 0 Å². The Bertz CT molecular complexity index is 1460. The van der Waals surface area contributed by atoms with E-state index in [4.69, 9.17) is 18.6 Å². The fraction of sp³-hybridized carbons (Fsp3) is 0.250. The first-order valence-electron chi connectivity index (χ1n) is 12.0. The molecule has 2 aromatic heterocycles. The Hall–Kier alpha value is -4.60. The number of piperidine rings is 1. The molecule has 5 rings (SSSR count). The van der Waals surface area contributed by atoms with Gasteiger partial charge < -0.3 is 28.8 Å². The molecule has 0 aliphatic carbocycles. The van der Waals surface area contributed by atoms with Gasteiger partial charge in [0.1, 0.15) is 29.8 Å². The molecular weight excluding hydrogens is 491 g/mol. The molecule has 1 amide bonds. The largest absolute Gasteiger partial charge is 0.495 e. The predicted molar refractivity (Wildman–Crippen MR) is 141 cm³/mol. The SMILES string of the molecule is C=CC(=O)N1CCC(Oc2cc3c(Nc4cc(-c5ccco5)ccc4OC)ncnc3cc2OC)C(F)C1. The molecule has 2 aromatic carbocycles. The van der Waals surface area contributed by atoms with Crippen LogP contribution in [-0.4, -0.2) is 60.4 Å². The molecule has 1 saturated heterocycles. The van der Waals surface area contributed by atoms with E-state index < -0.39 is 12.3 Å². The van der Waals surface area contributed by atoms with Crippen LogP contribution in [0.15, 0.2) is 72.1 Å². The van der Waals surface area contributed by atoms with Crippen molar-refractivity contribution in [3.63, 3.8) is 0 Å². The third kappa shape index (κ3) is 4.97. The second kappa shape index (κ2) is 10.8. The number of furan rings is 1.